The summed E-state index contributed by atoms with van der Waals surface area (Å²) in [4.78, 5) is 24.8. The van der Waals surface area contributed by atoms with E-state index in [4.69, 9.17) is 20.6 Å². The summed E-state index contributed by atoms with van der Waals surface area (Å²) in [6, 6.07) is 1.96. The lowest BCUT2D eigenvalue weighted by Crippen LogP contribution is -2.41. The maximum Gasteiger partial charge on any atom is 0.431 e. The molecule has 0 aliphatic carbocycles. The van der Waals surface area contributed by atoms with Crippen molar-refractivity contribution in [3.05, 3.63) is 66.4 Å². The Kier molecular flexibility index (Phi) is 7.93. The van der Waals surface area contributed by atoms with E-state index in [0.717, 1.165) is 19.2 Å². The Morgan fingerprint density at radius 3 is 2.22 bits per heavy atom. The molecule has 0 atom stereocenters. The molecule has 0 fully saturated rings. The Hall–Kier alpha value is -2.20. The van der Waals surface area contributed by atoms with Crippen molar-refractivity contribution in [3.63, 3.8) is 0 Å². The van der Waals surface area contributed by atoms with Crippen LogP contribution in [0.15, 0.2) is 33.1 Å². The second kappa shape index (κ2) is 9.74. The highest BCUT2D eigenvalue weighted by Crippen LogP contribution is 2.56. The van der Waals surface area contributed by atoms with Gasteiger partial charge in [0.2, 0.25) is 0 Å². The average Bonchev–Trinajstić information content (AvgIpc) is 2.67. The van der Waals surface area contributed by atoms with Gasteiger partial charge in [0.15, 0.2) is 0 Å². The first-order valence-electron chi connectivity index (χ1n) is 9.24. The van der Waals surface area contributed by atoms with Crippen LogP contribution in [0.2, 0.25) is 5.02 Å². The third-order valence-electron chi connectivity index (χ3n) is 4.31. The predicted molar refractivity (Wildman–Crippen MR) is 112 cm³/mol. The molecule has 0 unspecified atom stereocenters. The van der Waals surface area contributed by atoms with Gasteiger partial charge >= 0.3 is 19.5 Å². The zero-order valence-electron chi connectivity index (χ0n) is 17.5. The van der Waals surface area contributed by atoms with Crippen molar-refractivity contribution in [1.82, 2.24) is 9.13 Å². The van der Waals surface area contributed by atoms with Gasteiger partial charge in [0.25, 0.3) is 5.56 Å². The first kappa shape index (κ1) is 26.1. The lowest BCUT2D eigenvalue weighted by molar-refractivity contribution is -0.144. The van der Waals surface area contributed by atoms with Crippen molar-refractivity contribution in [3.8, 4) is 5.69 Å². The van der Waals surface area contributed by atoms with Crippen LogP contribution in [0, 0.1) is 5.82 Å². The van der Waals surface area contributed by atoms with E-state index in [9.17, 15) is 31.7 Å². The molecule has 0 N–H and O–H groups in total. The van der Waals surface area contributed by atoms with Crippen molar-refractivity contribution < 1.29 is 31.2 Å². The molecule has 0 amide bonds. The fourth-order valence-electron chi connectivity index (χ4n) is 2.84. The summed E-state index contributed by atoms with van der Waals surface area (Å²) < 4.78 is 77.6. The summed E-state index contributed by atoms with van der Waals surface area (Å²) in [5.41, 5.74) is -4.87. The minimum Gasteiger partial charge on any atom is -0.306 e. The van der Waals surface area contributed by atoms with Crippen molar-refractivity contribution in [1.29, 1.82) is 0 Å². The number of rotatable bonds is 7. The molecule has 0 aliphatic heterocycles. The standard InChI is InChI=1S/C19H20ClF4N2O5P/c1-5-30-32(29,31-6-2)11(3)7-12-8-15(14(21)9-13(12)20)26-17(27)10-16(19(22,23)24)25(4)18(26)28/h7-10H,5-6H2,1-4H3. The van der Waals surface area contributed by atoms with Crippen molar-refractivity contribution in [2.75, 3.05) is 13.2 Å². The van der Waals surface area contributed by atoms with Gasteiger partial charge in [0.05, 0.1) is 23.9 Å². The van der Waals surface area contributed by atoms with Crippen LogP contribution in [-0.4, -0.2) is 22.3 Å². The molecule has 2 rings (SSSR count). The molecule has 0 saturated heterocycles. The van der Waals surface area contributed by atoms with Crippen LogP contribution in [0.5, 0.6) is 0 Å². The number of halogens is 5. The summed E-state index contributed by atoms with van der Waals surface area (Å²) in [7, 11) is -2.89. The molecule has 0 radical (unpaired) electrons. The Morgan fingerprint density at radius 1 is 1.16 bits per heavy atom. The van der Waals surface area contributed by atoms with E-state index >= 15 is 0 Å². The molecule has 13 heteroatoms. The summed E-state index contributed by atoms with van der Waals surface area (Å²) in [6.45, 7) is 4.78. The number of allylic oxidation sites excluding steroid dienone is 1. The maximum atomic E-state index is 14.6. The van der Waals surface area contributed by atoms with E-state index < -0.39 is 42.2 Å². The highest BCUT2D eigenvalue weighted by molar-refractivity contribution is 7.58. The van der Waals surface area contributed by atoms with Gasteiger partial charge in [-0.05, 0) is 44.5 Å². The third kappa shape index (κ3) is 5.23. The molecule has 2 aromatic rings. The van der Waals surface area contributed by atoms with Gasteiger partial charge in [-0.15, -0.1) is 0 Å². The zero-order valence-corrected chi connectivity index (χ0v) is 19.1. The molecule has 32 heavy (non-hydrogen) atoms. The molecule has 0 aliphatic rings. The van der Waals surface area contributed by atoms with E-state index in [1.165, 1.54) is 13.0 Å². The summed E-state index contributed by atoms with van der Waals surface area (Å²) in [5, 5.41) is -0.0599. The highest BCUT2D eigenvalue weighted by Gasteiger charge is 2.35. The fourth-order valence-corrected chi connectivity index (χ4v) is 4.50. The van der Waals surface area contributed by atoms with Crippen LogP contribution >= 0.6 is 19.2 Å². The smallest absolute Gasteiger partial charge is 0.306 e. The van der Waals surface area contributed by atoms with E-state index in [-0.39, 0.29) is 44.3 Å². The molecule has 0 spiro atoms. The minimum atomic E-state index is -4.96. The monoisotopic (exact) mass is 498 g/mol. The quantitative estimate of drug-likeness (QED) is 0.397. The van der Waals surface area contributed by atoms with Crippen molar-refractivity contribution in [2.45, 2.75) is 26.9 Å². The molecule has 1 aromatic heterocycles. The van der Waals surface area contributed by atoms with Gasteiger partial charge in [0, 0.05) is 18.4 Å². The predicted octanol–water partition coefficient (Wildman–Crippen LogP) is 4.97. The normalized spacial score (nSPS) is 13.0. The molecule has 1 aromatic carbocycles. The lowest BCUT2D eigenvalue weighted by atomic mass is 10.1. The Morgan fingerprint density at radius 2 is 1.72 bits per heavy atom. The molecular formula is C19H20ClF4N2O5P. The average molecular weight is 499 g/mol. The number of nitrogens with zero attached hydrogens (tertiary/aromatic N) is 2. The fraction of sp³-hybridized carbons (Fsp3) is 0.368. The first-order valence-corrected chi connectivity index (χ1v) is 11.2. The van der Waals surface area contributed by atoms with E-state index in [2.05, 4.69) is 0 Å². The minimum absolute atomic E-state index is 0.0362. The van der Waals surface area contributed by atoms with E-state index in [1.54, 1.807) is 13.8 Å². The zero-order chi connectivity index (χ0) is 24.4. The lowest BCUT2D eigenvalue weighted by Gasteiger charge is -2.18. The van der Waals surface area contributed by atoms with Gasteiger partial charge in [-0.2, -0.15) is 13.2 Å². The van der Waals surface area contributed by atoms with Gasteiger partial charge in [-0.3, -0.25) is 13.9 Å². The molecule has 1 heterocycles. The van der Waals surface area contributed by atoms with Crippen LogP contribution in [0.4, 0.5) is 17.6 Å². The second-order valence-corrected chi connectivity index (χ2v) is 9.11. The highest BCUT2D eigenvalue weighted by atomic mass is 35.5. The van der Waals surface area contributed by atoms with Crippen LogP contribution in [0.3, 0.4) is 0 Å². The van der Waals surface area contributed by atoms with Crippen LogP contribution in [0.1, 0.15) is 32.0 Å². The first-order chi connectivity index (χ1) is 14.8. The molecule has 7 nitrogen and oxygen atoms in total. The number of aromatic nitrogens is 2. The maximum absolute atomic E-state index is 14.6. The largest absolute Gasteiger partial charge is 0.431 e. The Bertz CT molecular complexity index is 1210. The van der Waals surface area contributed by atoms with Crippen molar-refractivity contribution in [2.24, 2.45) is 7.05 Å². The molecule has 0 saturated carbocycles. The number of hydrogen-bond acceptors (Lipinski definition) is 5. The SMILES string of the molecule is CCOP(=O)(OCC)C(C)=Cc1cc(-n2c(=O)cc(C(F)(F)F)n(C)c2=O)c(F)cc1Cl. The summed E-state index contributed by atoms with van der Waals surface area (Å²) in [6.07, 6.45) is -3.70. The van der Waals surface area contributed by atoms with Crippen LogP contribution in [0.25, 0.3) is 11.8 Å². The summed E-state index contributed by atoms with van der Waals surface area (Å²) >= 11 is 6.06. The molecular weight excluding hydrogens is 479 g/mol. The second-order valence-electron chi connectivity index (χ2n) is 6.49. The van der Waals surface area contributed by atoms with Gasteiger partial charge in [0.1, 0.15) is 11.5 Å². The van der Waals surface area contributed by atoms with Gasteiger partial charge in [-0.25, -0.2) is 13.8 Å². The Balaban J connectivity index is 2.75. The summed E-state index contributed by atoms with van der Waals surface area (Å²) in [5.74, 6) is -1.12. The molecule has 0 bridgehead atoms. The van der Waals surface area contributed by atoms with E-state index in [1.807, 2.05) is 0 Å². The van der Waals surface area contributed by atoms with Gasteiger partial charge < -0.3 is 9.05 Å². The number of hydrogen-bond donors (Lipinski definition) is 0. The topological polar surface area (TPSA) is 79.5 Å². The number of benzene rings is 1. The van der Waals surface area contributed by atoms with Crippen molar-refractivity contribution >= 4 is 25.3 Å². The van der Waals surface area contributed by atoms with Crippen LogP contribution in [-0.2, 0) is 26.8 Å². The molecule has 176 valence electrons. The Labute approximate surface area is 185 Å². The van der Waals surface area contributed by atoms with E-state index in [0.29, 0.717) is 0 Å². The third-order valence-corrected chi connectivity index (χ3v) is 6.83. The van der Waals surface area contributed by atoms with Gasteiger partial charge in [-0.1, -0.05) is 11.6 Å². The number of alkyl halides is 3. The van der Waals surface area contributed by atoms with Crippen LogP contribution < -0.4 is 11.2 Å².